The highest BCUT2D eigenvalue weighted by atomic mass is 16.5. The topological polar surface area (TPSA) is 116 Å². The second-order valence-electron chi connectivity index (χ2n) is 8.53. The molecule has 0 spiro atoms. The number of anilines is 1. The fourth-order valence-electron chi connectivity index (χ4n) is 5.38. The van der Waals surface area contributed by atoms with Gasteiger partial charge in [0.1, 0.15) is 0 Å². The van der Waals surface area contributed by atoms with E-state index in [9.17, 15) is 14.7 Å². The number of carbonyl (C=O) groups excluding carboxylic acids is 1. The molecule has 1 aliphatic heterocycles. The summed E-state index contributed by atoms with van der Waals surface area (Å²) < 4.78 is 0. The minimum atomic E-state index is -0.623. The van der Waals surface area contributed by atoms with Gasteiger partial charge < -0.3 is 10.0 Å². The molecule has 4 rings (SSSR count). The van der Waals surface area contributed by atoms with Crippen LogP contribution in [0.4, 0.5) is 5.95 Å². The minimum absolute atomic E-state index is 0.175. The summed E-state index contributed by atoms with van der Waals surface area (Å²) in [7, 11) is 0. The average molecular weight is 388 g/mol. The second kappa shape index (κ2) is 8.03. The maximum absolute atomic E-state index is 11.7. The Hall–Kier alpha value is -2.22. The van der Waals surface area contributed by atoms with E-state index in [1.54, 1.807) is 5.48 Å². The number of aromatic nitrogens is 2. The van der Waals surface area contributed by atoms with Crippen molar-refractivity contribution in [2.45, 2.75) is 44.9 Å². The number of aliphatic carboxylic acids is 1. The number of hydrogen-bond acceptors (Lipinski definition) is 6. The van der Waals surface area contributed by atoms with Gasteiger partial charge in [-0.25, -0.2) is 15.4 Å². The third kappa shape index (κ3) is 3.83. The zero-order valence-corrected chi connectivity index (χ0v) is 16.0. The van der Waals surface area contributed by atoms with Crippen molar-refractivity contribution in [3.05, 3.63) is 18.0 Å². The highest BCUT2D eigenvalue weighted by Gasteiger charge is 2.55. The first-order valence-corrected chi connectivity index (χ1v) is 10.3. The lowest BCUT2D eigenvalue weighted by molar-refractivity contribution is -0.144. The fraction of sp³-hybridized carbons (Fsp3) is 0.700. The molecule has 152 valence electrons. The summed E-state index contributed by atoms with van der Waals surface area (Å²) in [5.74, 6) is 1.39. The Morgan fingerprint density at radius 3 is 2.36 bits per heavy atom. The molecule has 8 heteroatoms. The molecule has 1 aromatic rings. The highest BCUT2D eigenvalue weighted by Crippen LogP contribution is 2.55. The lowest BCUT2D eigenvalue weighted by atomic mass is 9.77. The van der Waals surface area contributed by atoms with Gasteiger partial charge in [0.25, 0.3) is 5.91 Å². The maximum atomic E-state index is 11.7. The molecule has 1 aromatic heterocycles. The van der Waals surface area contributed by atoms with Crippen LogP contribution < -0.4 is 10.4 Å². The van der Waals surface area contributed by atoms with Crippen molar-refractivity contribution in [3.8, 4) is 0 Å². The van der Waals surface area contributed by atoms with E-state index in [4.69, 9.17) is 5.21 Å². The summed E-state index contributed by atoms with van der Waals surface area (Å²) in [6, 6.07) is 0. The monoisotopic (exact) mass is 388 g/mol. The van der Waals surface area contributed by atoms with E-state index in [0.717, 1.165) is 38.8 Å². The Morgan fingerprint density at radius 2 is 1.79 bits per heavy atom. The van der Waals surface area contributed by atoms with Crippen molar-refractivity contribution in [1.82, 2.24) is 15.4 Å². The van der Waals surface area contributed by atoms with E-state index in [1.165, 1.54) is 31.7 Å². The molecule has 0 bridgehead atoms. The van der Waals surface area contributed by atoms with E-state index in [0.29, 0.717) is 29.6 Å². The van der Waals surface area contributed by atoms with Gasteiger partial charge >= 0.3 is 5.97 Å². The van der Waals surface area contributed by atoms with Crippen LogP contribution in [-0.2, 0) is 4.79 Å². The Labute approximate surface area is 164 Å². The molecule has 2 aliphatic carbocycles. The molecule has 3 fully saturated rings. The second-order valence-corrected chi connectivity index (χ2v) is 8.53. The minimum Gasteiger partial charge on any atom is -0.481 e. The van der Waals surface area contributed by atoms with Crippen LogP contribution >= 0.6 is 0 Å². The number of amides is 1. The van der Waals surface area contributed by atoms with E-state index in [2.05, 4.69) is 14.9 Å². The molecule has 2 heterocycles. The Morgan fingerprint density at radius 1 is 1.14 bits per heavy atom. The molecule has 0 aromatic carbocycles. The van der Waals surface area contributed by atoms with Gasteiger partial charge in [-0.1, -0.05) is 19.3 Å². The first-order chi connectivity index (χ1) is 13.6. The smallest absolute Gasteiger partial charge is 0.306 e. The average Bonchev–Trinajstić information content (AvgIpc) is 3.17. The van der Waals surface area contributed by atoms with Crippen molar-refractivity contribution < 1.29 is 19.9 Å². The normalized spacial score (nSPS) is 27.9. The first kappa shape index (κ1) is 19.1. The van der Waals surface area contributed by atoms with Gasteiger partial charge in [-0.3, -0.25) is 14.8 Å². The van der Waals surface area contributed by atoms with Gasteiger partial charge in [-0.2, -0.15) is 0 Å². The zero-order valence-electron chi connectivity index (χ0n) is 16.0. The lowest BCUT2D eigenvalue weighted by Crippen LogP contribution is -2.28. The summed E-state index contributed by atoms with van der Waals surface area (Å²) in [4.78, 5) is 33.7. The summed E-state index contributed by atoms with van der Waals surface area (Å²) in [5, 5.41) is 18.3. The van der Waals surface area contributed by atoms with Gasteiger partial charge in [-0.15, -0.1) is 0 Å². The van der Waals surface area contributed by atoms with Crippen molar-refractivity contribution >= 4 is 17.8 Å². The van der Waals surface area contributed by atoms with E-state index < -0.39 is 11.9 Å². The van der Waals surface area contributed by atoms with E-state index >= 15 is 0 Å². The number of piperidine rings is 1. The number of hydroxylamine groups is 1. The van der Waals surface area contributed by atoms with E-state index in [-0.39, 0.29) is 11.5 Å². The van der Waals surface area contributed by atoms with Crippen LogP contribution in [0.15, 0.2) is 12.4 Å². The van der Waals surface area contributed by atoms with Crippen LogP contribution in [0.25, 0.3) is 0 Å². The Balaban J connectivity index is 1.26. The van der Waals surface area contributed by atoms with Gasteiger partial charge in [0.15, 0.2) is 0 Å². The molecule has 1 saturated heterocycles. The summed E-state index contributed by atoms with van der Waals surface area (Å²) in [5.41, 5.74) is 1.79. The molecule has 1 amide bonds. The summed E-state index contributed by atoms with van der Waals surface area (Å²) in [6.07, 6.45) is 10.4. The number of carboxylic acids is 1. The maximum Gasteiger partial charge on any atom is 0.306 e. The molecule has 2 unspecified atom stereocenters. The van der Waals surface area contributed by atoms with Crippen molar-refractivity contribution in [2.75, 3.05) is 18.0 Å². The molecule has 3 aliphatic rings. The SMILES string of the molecule is O=C(NO)c1cnc(N2CC3C(CC[C@H](C(=O)O)C4CCCCC4)C3C2)nc1. The number of carboxylic acid groups (broad SMARTS) is 1. The van der Waals surface area contributed by atoms with Crippen molar-refractivity contribution in [3.63, 3.8) is 0 Å². The Kier molecular flexibility index (Phi) is 5.48. The quantitative estimate of drug-likeness (QED) is 0.485. The number of rotatable bonds is 7. The van der Waals surface area contributed by atoms with Crippen LogP contribution in [-0.4, -0.2) is 45.2 Å². The predicted octanol–water partition coefficient (Wildman–Crippen LogP) is 2.34. The highest BCUT2D eigenvalue weighted by molar-refractivity contribution is 5.92. The fourth-order valence-corrected chi connectivity index (χ4v) is 5.38. The van der Waals surface area contributed by atoms with Gasteiger partial charge in [-0.05, 0) is 49.4 Å². The first-order valence-electron chi connectivity index (χ1n) is 10.3. The standard InChI is InChI=1S/C20H28N4O4/c25-18(23-28)13-8-21-20(22-9-13)24-10-16-15(17(16)11-24)7-6-14(19(26)27)12-4-2-1-3-5-12/h8-9,12,14-17,28H,1-7,10-11H2,(H,23,25)(H,26,27)/t14-,15?,16?,17?/m0/s1. The Bertz CT molecular complexity index is 707. The van der Waals surface area contributed by atoms with Gasteiger partial charge in [0.2, 0.25) is 5.95 Å². The third-order valence-electron chi connectivity index (χ3n) is 7.00. The molecule has 28 heavy (non-hydrogen) atoms. The molecule has 3 N–H and O–H groups in total. The third-order valence-corrected chi connectivity index (χ3v) is 7.00. The lowest BCUT2D eigenvalue weighted by Gasteiger charge is -2.28. The molecule has 3 atom stereocenters. The molecule has 2 saturated carbocycles. The largest absolute Gasteiger partial charge is 0.481 e. The number of carbonyl (C=O) groups is 2. The predicted molar refractivity (Wildman–Crippen MR) is 101 cm³/mol. The van der Waals surface area contributed by atoms with Crippen LogP contribution in [0.5, 0.6) is 0 Å². The van der Waals surface area contributed by atoms with E-state index in [1.807, 2.05) is 0 Å². The van der Waals surface area contributed by atoms with Crippen molar-refractivity contribution in [2.24, 2.45) is 29.6 Å². The zero-order chi connectivity index (χ0) is 19.7. The van der Waals surface area contributed by atoms with Gasteiger partial charge in [0, 0.05) is 25.5 Å². The number of hydrogen-bond donors (Lipinski definition) is 3. The van der Waals surface area contributed by atoms with Crippen LogP contribution in [0.1, 0.15) is 55.3 Å². The van der Waals surface area contributed by atoms with Crippen LogP contribution in [0.2, 0.25) is 0 Å². The van der Waals surface area contributed by atoms with Crippen LogP contribution in [0, 0.1) is 29.6 Å². The molecule has 8 nitrogen and oxygen atoms in total. The molecular weight excluding hydrogens is 360 g/mol. The van der Waals surface area contributed by atoms with Crippen molar-refractivity contribution in [1.29, 1.82) is 0 Å². The number of fused-ring (bicyclic) bond motifs is 1. The van der Waals surface area contributed by atoms with Crippen LogP contribution in [0.3, 0.4) is 0 Å². The summed E-state index contributed by atoms with van der Waals surface area (Å²) in [6.45, 7) is 1.78. The molecule has 0 radical (unpaired) electrons. The number of nitrogens with one attached hydrogen (secondary N) is 1. The summed E-state index contributed by atoms with van der Waals surface area (Å²) >= 11 is 0. The number of nitrogens with zero attached hydrogens (tertiary/aromatic N) is 3. The van der Waals surface area contributed by atoms with Gasteiger partial charge in [0.05, 0.1) is 11.5 Å². The molecular formula is C20H28N4O4.